The molecule has 0 rings (SSSR count). The zero-order valence-electron chi connectivity index (χ0n) is 13.0. The van der Waals surface area contributed by atoms with Gasteiger partial charge in [0, 0.05) is 0 Å². The fraction of sp³-hybridized carbons (Fsp3) is 0.818. The van der Waals surface area contributed by atoms with Gasteiger partial charge in [0.25, 0.3) is 10.1 Å². The molecule has 0 heterocycles. The third-order valence-electron chi connectivity index (χ3n) is 1.92. The number of ether oxygens (including phenoxy) is 1. The van der Waals surface area contributed by atoms with Gasteiger partial charge in [0.1, 0.15) is 18.2 Å². The number of hydrogen-bond donors (Lipinski definition) is 2. The van der Waals surface area contributed by atoms with E-state index in [-0.39, 0.29) is 0 Å². The summed E-state index contributed by atoms with van der Waals surface area (Å²) in [6.07, 6.45) is -5.09. The van der Waals surface area contributed by atoms with E-state index in [0.29, 0.717) is 6.26 Å². The minimum atomic E-state index is -4.66. The molecule has 1 atom stereocenters. The SMILES string of the molecule is CC(C)(C)OC(=O)NC(COS(C)(=O)=O)C(=O)NCC(F)(F)F. The normalized spacial score (nSPS) is 14.0. The molecule has 0 aliphatic rings. The average molecular weight is 364 g/mol. The maximum Gasteiger partial charge on any atom is 0.408 e. The van der Waals surface area contributed by atoms with Crippen LogP contribution >= 0.6 is 0 Å². The third-order valence-corrected chi connectivity index (χ3v) is 2.48. The molecule has 0 saturated heterocycles. The lowest BCUT2D eigenvalue weighted by atomic mass is 10.2. The van der Waals surface area contributed by atoms with Gasteiger partial charge in [-0.15, -0.1) is 0 Å². The first-order valence-corrected chi connectivity index (χ1v) is 8.09. The Morgan fingerprint density at radius 1 is 1.17 bits per heavy atom. The quantitative estimate of drug-likeness (QED) is 0.666. The van der Waals surface area contributed by atoms with E-state index in [9.17, 15) is 31.2 Å². The van der Waals surface area contributed by atoms with Crippen LogP contribution in [0.2, 0.25) is 0 Å². The highest BCUT2D eigenvalue weighted by molar-refractivity contribution is 7.85. The molecule has 0 aliphatic heterocycles. The van der Waals surface area contributed by atoms with Crippen molar-refractivity contribution in [1.29, 1.82) is 0 Å². The predicted molar refractivity (Wildman–Crippen MR) is 73.0 cm³/mol. The third kappa shape index (κ3) is 12.6. The molecule has 0 fully saturated rings. The second-order valence-corrected chi connectivity index (χ2v) is 7.16. The zero-order valence-corrected chi connectivity index (χ0v) is 13.8. The molecule has 0 spiro atoms. The Morgan fingerprint density at radius 2 is 1.70 bits per heavy atom. The van der Waals surface area contributed by atoms with Crippen molar-refractivity contribution in [3.05, 3.63) is 0 Å². The van der Waals surface area contributed by atoms with Gasteiger partial charge in [-0.1, -0.05) is 0 Å². The van der Waals surface area contributed by atoms with Crippen LogP contribution in [0.15, 0.2) is 0 Å². The summed E-state index contributed by atoms with van der Waals surface area (Å²) in [4.78, 5) is 23.2. The van der Waals surface area contributed by atoms with Crippen LogP contribution < -0.4 is 10.6 Å². The largest absolute Gasteiger partial charge is 0.444 e. The van der Waals surface area contributed by atoms with Crippen LogP contribution in [-0.2, 0) is 23.8 Å². The molecule has 0 bridgehead atoms. The number of hydrogen-bond acceptors (Lipinski definition) is 6. The lowest BCUT2D eigenvalue weighted by Crippen LogP contribution is -2.52. The second kappa shape index (κ2) is 7.81. The Hall–Kier alpha value is -1.56. The minimum absolute atomic E-state index is 0.686. The zero-order chi connectivity index (χ0) is 18.5. The average Bonchev–Trinajstić information content (AvgIpc) is 2.27. The van der Waals surface area contributed by atoms with Crippen LogP contribution in [0.5, 0.6) is 0 Å². The molecule has 0 saturated carbocycles. The topological polar surface area (TPSA) is 111 Å². The van der Waals surface area contributed by atoms with Gasteiger partial charge in [-0.05, 0) is 20.8 Å². The van der Waals surface area contributed by atoms with Gasteiger partial charge in [0.05, 0.1) is 12.9 Å². The van der Waals surface area contributed by atoms with Gasteiger partial charge in [0.2, 0.25) is 5.91 Å². The summed E-state index contributed by atoms with van der Waals surface area (Å²) < 4.78 is 67.3. The van der Waals surface area contributed by atoms with E-state index < -0.39 is 53.1 Å². The number of alkyl carbamates (subject to hydrolysis) is 1. The molecule has 0 aliphatic carbocycles. The highest BCUT2D eigenvalue weighted by Crippen LogP contribution is 2.12. The lowest BCUT2D eigenvalue weighted by Gasteiger charge is -2.23. The molecule has 12 heteroatoms. The van der Waals surface area contributed by atoms with Gasteiger partial charge in [-0.3, -0.25) is 8.98 Å². The number of carbonyl (C=O) groups is 2. The molecule has 0 aromatic heterocycles. The fourth-order valence-electron chi connectivity index (χ4n) is 1.13. The fourth-order valence-corrected chi connectivity index (χ4v) is 1.52. The molecule has 8 nitrogen and oxygen atoms in total. The van der Waals surface area contributed by atoms with Crippen LogP contribution in [0, 0.1) is 0 Å². The van der Waals surface area contributed by atoms with Gasteiger partial charge < -0.3 is 15.4 Å². The van der Waals surface area contributed by atoms with E-state index in [1.54, 1.807) is 0 Å². The van der Waals surface area contributed by atoms with Crippen LogP contribution in [0.25, 0.3) is 0 Å². The molecule has 0 radical (unpaired) electrons. The summed E-state index contributed by atoms with van der Waals surface area (Å²) in [6.45, 7) is 2.06. The van der Waals surface area contributed by atoms with Crippen LogP contribution in [0.4, 0.5) is 18.0 Å². The maximum absolute atomic E-state index is 12.1. The number of amides is 2. The Bertz CT molecular complexity index is 527. The smallest absolute Gasteiger partial charge is 0.408 e. The summed E-state index contributed by atoms with van der Waals surface area (Å²) in [5, 5.41) is 3.47. The van der Waals surface area contributed by atoms with E-state index >= 15 is 0 Å². The van der Waals surface area contributed by atoms with Crippen molar-refractivity contribution < 1.29 is 40.1 Å². The Kier molecular flexibility index (Phi) is 7.28. The number of halogens is 3. The first-order chi connectivity index (χ1) is 10.1. The van der Waals surface area contributed by atoms with E-state index in [1.165, 1.54) is 26.1 Å². The number of carbonyl (C=O) groups excluding carboxylic acids is 2. The van der Waals surface area contributed by atoms with Gasteiger partial charge in [-0.2, -0.15) is 21.6 Å². The number of nitrogens with one attached hydrogen (secondary N) is 2. The summed E-state index contributed by atoms with van der Waals surface area (Å²) in [5.74, 6) is -1.27. The molecule has 2 amide bonds. The van der Waals surface area contributed by atoms with E-state index in [1.807, 2.05) is 5.32 Å². The first-order valence-electron chi connectivity index (χ1n) is 6.27. The second-order valence-electron chi connectivity index (χ2n) is 5.52. The van der Waals surface area contributed by atoms with Crippen molar-refractivity contribution in [3.63, 3.8) is 0 Å². The molecule has 23 heavy (non-hydrogen) atoms. The van der Waals surface area contributed by atoms with E-state index in [2.05, 4.69) is 4.18 Å². The van der Waals surface area contributed by atoms with Crippen molar-refractivity contribution in [2.75, 3.05) is 19.4 Å². The van der Waals surface area contributed by atoms with Gasteiger partial charge >= 0.3 is 12.3 Å². The van der Waals surface area contributed by atoms with E-state index in [4.69, 9.17) is 4.74 Å². The highest BCUT2D eigenvalue weighted by Gasteiger charge is 2.31. The monoisotopic (exact) mass is 364 g/mol. The Morgan fingerprint density at radius 3 is 2.09 bits per heavy atom. The maximum atomic E-state index is 12.1. The summed E-state index contributed by atoms with van der Waals surface area (Å²) in [5.41, 5.74) is -0.922. The number of rotatable bonds is 6. The van der Waals surface area contributed by atoms with Crippen molar-refractivity contribution in [1.82, 2.24) is 10.6 Å². The molecule has 136 valence electrons. The van der Waals surface area contributed by atoms with Gasteiger partial charge in [0.15, 0.2) is 0 Å². The van der Waals surface area contributed by atoms with Crippen LogP contribution in [0.1, 0.15) is 20.8 Å². The van der Waals surface area contributed by atoms with Crippen molar-refractivity contribution in [2.45, 2.75) is 38.6 Å². The number of alkyl halides is 3. The Labute approximate surface area is 131 Å². The van der Waals surface area contributed by atoms with Crippen molar-refractivity contribution in [3.8, 4) is 0 Å². The molecule has 0 aromatic carbocycles. The predicted octanol–water partition coefficient (Wildman–Crippen LogP) is 0.534. The standard InChI is InChI=1S/C11H19F3N2O6S/c1-10(2,3)22-9(18)16-7(5-21-23(4,19)20)8(17)15-6-11(12,13)14/h7H,5-6H2,1-4H3,(H,15,17)(H,16,18). The first kappa shape index (κ1) is 21.4. The molecule has 0 aromatic rings. The van der Waals surface area contributed by atoms with Crippen LogP contribution in [-0.4, -0.2) is 57.6 Å². The van der Waals surface area contributed by atoms with Crippen LogP contribution in [0.3, 0.4) is 0 Å². The van der Waals surface area contributed by atoms with Gasteiger partial charge in [-0.25, -0.2) is 4.79 Å². The summed E-state index contributed by atoms with van der Waals surface area (Å²) >= 11 is 0. The molecule has 1 unspecified atom stereocenters. The molecular weight excluding hydrogens is 345 g/mol. The van der Waals surface area contributed by atoms with E-state index in [0.717, 1.165) is 0 Å². The van der Waals surface area contributed by atoms with Crippen molar-refractivity contribution in [2.24, 2.45) is 0 Å². The summed E-state index contributed by atoms with van der Waals surface area (Å²) in [7, 11) is -3.96. The molecular formula is C11H19F3N2O6S. The molecule has 2 N–H and O–H groups in total. The summed E-state index contributed by atoms with van der Waals surface area (Å²) in [6, 6.07) is -1.68. The minimum Gasteiger partial charge on any atom is -0.444 e. The highest BCUT2D eigenvalue weighted by atomic mass is 32.2. The Balaban J connectivity index is 4.86. The lowest BCUT2D eigenvalue weighted by molar-refractivity contribution is -0.140. The van der Waals surface area contributed by atoms with Crippen molar-refractivity contribution >= 4 is 22.1 Å².